The Hall–Kier alpha value is -2.29. The van der Waals surface area contributed by atoms with Crippen molar-refractivity contribution in [3.8, 4) is 5.75 Å². The molecule has 0 spiro atoms. The van der Waals surface area contributed by atoms with E-state index >= 15 is 0 Å². The lowest BCUT2D eigenvalue weighted by molar-refractivity contribution is -0.385. The van der Waals surface area contributed by atoms with Crippen molar-refractivity contribution < 1.29 is 24.4 Å². The molecule has 22 heavy (non-hydrogen) atoms. The van der Waals surface area contributed by atoms with Gasteiger partial charge in [0.05, 0.1) is 17.8 Å². The number of hydrogen-bond acceptors (Lipinski definition) is 6. The molecule has 1 aromatic carbocycles. The third kappa shape index (κ3) is 5.24. The fourth-order valence-corrected chi connectivity index (χ4v) is 2.36. The van der Waals surface area contributed by atoms with Crippen LogP contribution in [0, 0.1) is 10.1 Å². The fraction of sp³-hybridized carbons (Fsp3) is 0.385. The first kappa shape index (κ1) is 17.8. The summed E-state index contributed by atoms with van der Waals surface area (Å²) in [5.41, 5.74) is 0.543. The van der Waals surface area contributed by atoms with Crippen molar-refractivity contribution in [1.29, 1.82) is 0 Å². The first-order chi connectivity index (χ1) is 10.3. The number of carboxylic acids is 1. The van der Waals surface area contributed by atoms with Crippen LogP contribution in [0.2, 0.25) is 0 Å². The van der Waals surface area contributed by atoms with E-state index in [1.807, 2.05) is 0 Å². The van der Waals surface area contributed by atoms with Crippen LogP contribution in [0.15, 0.2) is 18.2 Å². The number of nitro groups is 1. The predicted molar refractivity (Wildman–Crippen MR) is 81.1 cm³/mol. The van der Waals surface area contributed by atoms with E-state index in [4.69, 9.17) is 9.84 Å². The lowest BCUT2D eigenvalue weighted by atomic mass is 10.2. The summed E-state index contributed by atoms with van der Waals surface area (Å²) in [6.45, 7) is 1.37. The Kier molecular flexibility index (Phi) is 6.64. The molecule has 0 heterocycles. The fourth-order valence-electron chi connectivity index (χ4n) is 1.57. The molecule has 0 aromatic heterocycles. The van der Waals surface area contributed by atoms with E-state index in [2.05, 4.69) is 5.32 Å². The molecule has 1 aromatic rings. The number of nitro benzene ring substituents is 1. The molecule has 0 aliphatic carbocycles. The maximum atomic E-state index is 11.5. The third-order valence-electron chi connectivity index (χ3n) is 2.69. The van der Waals surface area contributed by atoms with Crippen molar-refractivity contribution in [2.24, 2.45) is 0 Å². The van der Waals surface area contributed by atoms with Crippen molar-refractivity contribution in [3.63, 3.8) is 0 Å². The molecule has 0 fully saturated rings. The maximum absolute atomic E-state index is 11.5. The normalized spacial score (nSPS) is 11.5. The van der Waals surface area contributed by atoms with Crippen LogP contribution in [0.3, 0.4) is 0 Å². The first-order valence-corrected chi connectivity index (χ1v) is 7.41. The zero-order valence-corrected chi connectivity index (χ0v) is 12.9. The second-order valence-corrected chi connectivity index (χ2v) is 5.37. The van der Waals surface area contributed by atoms with Crippen molar-refractivity contribution >= 4 is 29.3 Å². The zero-order valence-electron chi connectivity index (χ0n) is 12.1. The highest BCUT2D eigenvalue weighted by Gasteiger charge is 2.16. The summed E-state index contributed by atoms with van der Waals surface area (Å²) in [6.07, 6.45) is 0. The van der Waals surface area contributed by atoms with Gasteiger partial charge in [0.1, 0.15) is 6.04 Å². The number of benzene rings is 1. The van der Waals surface area contributed by atoms with Crippen LogP contribution in [-0.2, 0) is 15.3 Å². The number of carbonyl (C=O) groups is 2. The van der Waals surface area contributed by atoms with E-state index in [1.165, 1.54) is 37.9 Å². The minimum absolute atomic E-state index is 0.0669. The Bertz CT molecular complexity index is 578. The summed E-state index contributed by atoms with van der Waals surface area (Å²) in [5.74, 6) is -0.879. The Morgan fingerprint density at radius 3 is 2.73 bits per heavy atom. The number of hydrogen-bond donors (Lipinski definition) is 2. The third-order valence-corrected chi connectivity index (χ3v) is 3.69. The molecule has 0 aliphatic rings. The largest absolute Gasteiger partial charge is 0.490 e. The van der Waals surface area contributed by atoms with Gasteiger partial charge in [0.15, 0.2) is 5.75 Å². The minimum atomic E-state index is -1.11. The molecule has 0 radical (unpaired) electrons. The SMILES string of the molecule is COc1ccc(CSCC(=O)NC(C)C(=O)O)cc1[N+](=O)[O-]. The van der Waals surface area contributed by atoms with Crippen LogP contribution in [0.4, 0.5) is 5.69 Å². The molecule has 1 atom stereocenters. The summed E-state index contributed by atoms with van der Waals surface area (Å²) in [7, 11) is 1.35. The molecule has 0 aliphatic heterocycles. The molecule has 120 valence electrons. The smallest absolute Gasteiger partial charge is 0.325 e. The van der Waals surface area contributed by atoms with Crippen LogP contribution in [0.25, 0.3) is 0 Å². The molecule has 2 N–H and O–H groups in total. The van der Waals surface area contributed by atoms with Gasteiger partial charge in [-0.25, -0.2) is 0 Å². The lowest BCUT2D eigenvalue weighted by Gasteiger charge is -2.09. The average Bonchev–Trinajstić information content (AvgIpc) is 2.46. The van der Waals surface area contributed by atoms with Crippen molar-refractivity contribution in [3.05, 3.63) is 33.9 Å². The Morgan fingerprint density at radius 2 is 2.18 bits per heavy atom. The summed E-state index contributed by atoms with van der Waals surface area (Å²) >= 11 is 1.23. The van der Waals surface area contributed by atoms with Gasteiger partial charge in [-0.1, -0.05) is 6.07 Å². The molecular formula is C13H16N2O6S. The van der Waals surface area contributed by atoms with E-state index in [0.717, 1.165) is 0 Å². The molecule has 0 saturated carbocycles. The van der Waals surface area contributed by atoms with Crippen LogP contribution >= 0.6 is 11.8 Å². The maximum Gasteiger partial charge on any atom is 0.325 e. The van der Waals surface area contributed by atoms with E-state index in [9.17, 15) is 19.7 Å². The number of nitrogens with one attached hydrogen (secondary N) is 1. The molecule has 1 amide bonds. The second kappa shape index (κ2) is 8.23. The van der Waals surface area contributed by atoms with Crippen LogP contribution in [-0.4, -0.2) is 40.8 Å². The number of rotatable bonds is 8. The summed E-state index contributed by atoms with van der Waals surface area (Å²) in [4.78, 5) is 32.5. The molecule has 0 bridgehead atoms. The number of carbonyl (C=O) groups excluding carboxylic acids is 1. The van der Waals surface area contributed by atoms with Gasteiger partial charge in [0, 0.05) is 11.8 Å². The van der Waals surface area contributed by atoms with Gasteiger partial charge in [-0.05, 0) is 18.6 Å². The topological polar surface area (TPSA) is 119 Å². The number of amides is 1. The van der Waals surface area contributed by atoms with Gasteiger partial charge in [-0.3, -0.25) is 19.7 Å². The van der Waals surface area contributed by atoms with Crippen LogP contribution < -0.4 is 10.1 Å². The number of carboxylic acid groups (broad SMARTS) is 1. The first-order valence-electron chi connectivity index (χ1n) is 6.26. The second-order valence-electron chi connectivity index (χ2n) is 4.38. The Labute approximate surface area is 131 Å². The number of thioether (sulfide) groups is 1. The highest BCUT2D eigenvalue weighted by Crippen LogP contribution is 2.28. The summed E-state index contributed by atoms with van der Waals surface area (Å²) < 4.78 is 4.90. The average molecular weight is 328 g/mol. The number of methoxy groups -OCH3 is 1. The van der Waals surface area contributed by atoms with Gasteiger partial charge in [-0.15, -0.1) is 11.8 Å². The van der Waals surface area contributed by atoms with Gasteiger partial charge in [-0.2, -0.15) is 0 Å². The quantitative estimate of drug-likeness (QED) is 0.547. The van der Waals surface area contributed by atoms with Gasteiger partial charge in [0.25, 0.3) is 0 Å². The van der Waals surface area contributed by atoms with E-state index < -0.39 is 22.8 Å². The Balaban J connectivity index is 2.55. The molecule has 0 saturated heterocycles. The molecule has 1 unspecified atom stereocenters. The van der Waals surface area contributed by atoms with E-state index in [1.54, 1.807) is 6.07 Å². The summed E-state index contributed by atoms with van der Waals surface area (Å²) in [5, 5.41) is 21.9. The van der Waals surface area contributed by atoms with Crippen LogP contribution in [0.1, 0.15) is 12.5 Å². The predicted octanol–water partition coefficient (Wildman–Crippen LogP) is 1.43. The number of aliphatic carboxylic acids is 1. The van der Waals surface area contributed by atoms with Crippen molar-refractivity contribution in [1.82, 2.24) is 5.32 Å². The number of ether oxygens (including phenoxy) is 1. The standard InChI is InChI=1S/C13H16N2O6S/c1-8(13(17)18)14-12(16)7-22-6-9-3-4-11(21-2)10(5-9)15(19)20/h3-5,8H,6-7H2,1-2H3,(H,14,16)(H,17,18). The summed E-state index contributed by atoms with van der Waals surface area (Å²) in [6, 6.07) is 3.62. The van der Waals surface area contributed by atoms with Crippen molar-refractivity contribution in [2.75, 3.05) is 12.9 Å². The van der Waals surface area contributed by atoms with Crippen molar-refractivity contribution in [2.45, 2.75) is 18.7 Å². The number of nitrogens with zero attached hydrogens (tertiary/aromatic N) is 1. The molecule has 8 nitrogen and oxygen atoms in total. The molecular weight excluding hydrogens is 312 g/mol. The molecule has 9 heteroatoms. The highest BCUT2D eigenvalue weighted by molar-refractivity contribution is 7.99. The highest BCUT2D eigenvalue weighted by atomic mass is 32.2. The lowest BCUT2D eigenvalue weighted by Crippen LogP contribution is -2.39. The Morgan fingerprint density at radius 1 is 1.50 bits per heavy atom. The van der Waals surface area contributed by atoms with E-state index in [-0.39, 0.29) is 17.2 Å². The van der Waals surface area contributed by atoms with Crippen LogP contribution in [0.5, 0.6) is 5.75 Å². The monoisotopic (exact) mass is 328 g/mol. The molecule has 1 rings (SSSR count). The van der Waals surface area contributed by atoms with Gasteiger partial charge in [0.2, 0.25) is 5.91 Å². The van der Waals surface area contributed by atoms with Gasteiger partial charge >= 0.3 is 11.7 Å². The van der Waals surface area contributed by atoms with E-state index in [0.29, 0.717) is 11.3 Å². The van der Waals surface area contributed by atoms with Gasteiger partial charge < -0.3 is 15.2 Å². The zero-order chi connectivity index (χ0) is 16.7. The minimum Gasteiger partial charge on any atom is -0.490 e.